The van der Waals surface area contributed by atoms with Crippen molar-refractivity contribution in [2.24, 2.45) is 10.6 Å². The van der Waals surface area contributed by atoms with Gasteiger partial charge >= 0.3 is 0 Å². The maximum absolute atomic E-state index is 11.5. The summed E-state index contributed by atoms with van der Waals surface area (Å²) in [6, 6.07) is 3.10. The monoisotopic (exact) mass is 271 g/mol. The molecule has 0 aromatic heterocycles. The van der Waals surface area contributed by atoms with E-state index >= 15 is 0 Å². The molecule has 1 aromatic carbocycles. The summed E-state index contributed by atoms with van der Waals surface area (Å²) in [5, 5.41) is 8.37. The van der Waals surface area contributed by atoms with Crippen molar-refractivity contribution >= 4 is 21.4 Å². The highest BCUT2D eigenvalue weighted by Crippen LogP contribution is 2.27. The average Bonchev–Trinajstić information content (AvgIpc) is 2.16. The lowest BCUT2D eigenvalue weighted by atomic mass is 9.96. The number of anilines is 2. The van der Waals surface area contributed by atoms with Gasteiger partial charge in [0.2, 0.25) is 10.0 Å². The molecule has 1 aromatic rings. The predicted octanol–water partition coefficient (Wildman–Crippen LogP) is 1.68. The summed E-state index contributed by atoms with van der Waals surface area (Å²) < 4.78 is 22.9. The van der Waals surface area contributed by atoms with E-state index in [9.17, 15) is 8.42 Å². The Morgan fingerprint density at radius 3 is 2.28 bits per heavy atom. The average molecular weight is 271 g/mol. The van der Waals surface area contributed by atoms with Crippen LogP contribution in [0.5, 0.6) is 0 Å². The number of nitrogens with two attached hydrogens (primary N) is 2. The Labute approximate surface area is 109 Å². The Morgan fingerprint density at radius 1 is 1.28 bits per heavy atom. The van der Waals surface area contributed by atoms with Crippen molar-refractivity contribution in [2.75, 3.05) is 17.6 Å². The molecule has 6 heteroatoms. The minimum Gasteiger partial charge on any atom is -0.399 e. The first-order valence-electron chi connectivity index (χ1n) is 5.67. The van der Waals surface area contributed by atoms with Crippen LogP contribution in [0, 0.1) is 12.3 Å². The van der Waals surface area contributed by atoms with Crippen LogP contribution in [0.1, 0.15) is 26.3 Å². The quantitative estimate of drug-likeness (QED) is 0.728. The van der Waals surface area contributed by atoms with Crippen LogP contribution in [-0.2, 0) is 10.0 Å². The second-order valence-electron chi connectivity index (χ2n) is 5.65. The number of sulfonamides is 1. The predicted molar refractivity (Wildman–Crippen MR) is 74.9 cm³/mol. The molecule has 0 radical (unpaired) electrons. The van der Waals surface area contributed by atoms with Crippen molar-refractivity contribution in [2.45, 2.75) is 32.6 Å². The third kappa shape index (κ3) is 3.89. The Bertz CT molecular complexity index is 545. The minimum atomic E-state index is -3.75. The zero-order valence-electron chi connectivity index (χ0n) is 11.2. The first-order chi connectivity index (χ1) is 8.00. The van der Waals surface area contributed by atoms with Crippen LogP contribution in [0.25, 0.3) is 0 Å². The third-order valence-electron chi connectivity index (χ3n) is 2.50. The number of primary sulfonamides is 1. The summed E-state index contributed by atoms with van der Waals surface area (Å²) in [5.41, 5.74) is 7.46. The molecule has 0 heterocycles. The van der Waals surface area contributed by atoms with E-state index in [1.54, 1.807) is 13.0 Å². The summed E-state index contributed by atoms with van der Waals surface area (Å²) in [5.74, 6) is 0. The zero-order valence-corrected chi connectivity index (χ0v) is 12.1. The number of hydrogen-bond donors (Lipinski definition) is 3. The number of nitrogen functional groups attached to an aromatic ring is 1. The summed E-state index contributed by atoms with van der Waals surface area (Å²) >= 11 is 0. The van der Waals surface area contributed by atoms with Gasteiger partial charge in [-0.05, 0) is 30.0 Å². The van der Waals surface area contributed by atoms with E-state index in [0.29, 0.717) is 23.5 Å². The summed E-state index contributed by atoms with van der Waals surface area (Å²) in [7, 11) is -3.75. The SMILES string of the molecule is Cc1c(NCC(C)(C)C)cc(N)cc1S(N)(=O)=O. The Kier molecular flexibility index (Phi) is 3.92. The standard InChI is InChI=1S/C12H21N3O2S/c1-8-10(15-7-12(2,3)4)5-9(13)6-11(8)18(14,16)17/h5-6,15H,7,13H2,1-4H3,(H2,14,16,17). The van der Waals surface area contributed by atoms with Crippen LogP contribution in [-0.4, -0.2) is 15.0 Å². The Balaban J connectivity index is 3.18. The molecule has 1 rings (SSSR count). The molecule has 0 amide bonds. The first-order valence-corrected chi connectivity index (χ1v) is 7.22. The van der Waals surface area contributed by atoms with Gasteiger partial charge in [0.15, 0.2) is 0 Å². The van der Waals surface area contributed by atoms with Gasteiger partial charge in [0.1, 0.15) is 0 Å². The highest BCUT2D eigenvalue weighted by molar-refractivity contribution is 7.89. The van der Waals surface area contributed by atoms with E-state index in [4.69, 9.17) is 10.9 Å². The van der Waals surface area contributed by atoms with Crippen molar-refractivity contribution in [1.29, 1.82) is 0 Å². The van der Waals surface area contributed by atoms with Gasteiger partial charge < -0.3 is 11.1 Å². The van der Waals surface area contributed by atoms with Crippen LogP contribution in [0.15, 0.2) is 17.0 Å². The van der Waals surface area contributed by atoms with Crippen LogP contribution in [0.4, 0.5) is 11.4 Å². The molecule has 0 saturated carbocycles. The molecule has 0 saturated heterocycles. The van der Waals surface area contributed by atoms with E-state index in [-0.39, 0.29) is 10.3 Å². The molecule has 0 aliphatic carbocycles. The van der Waals surface area contributed by atoms with Crippen molar-refractivity contribution in [1.82, 2.24) is 0 Å². The molecule has 18 heavy (non-hydrogen) atoms. The fourth-order valence-electron chi connectivity index (χ4n) is 1.55. The van der Waals surface area contributed by atoms with E-state index in [2.05, 4.69) is 26.1 Å². The third-order valence-corrected chi connectivity index (χ3v) is 3.54. The molecule has 5 nitrogen and oxygen atoms in total. The summed E-state index contributed by atoms with van der Waals surface area (Å²) in [4.78, 5) is 0.0684. The van der Waals surface area contributed by atoms with Crippen molar-refractivity contribution < 1.29 is 8.42 Å². The van der Waals surface area contributed by atoms with Crippen LogP contribution in [0.2, 0.25) is 0 Å². The van der Waals surface area contributed by atoms with Gasteiger partial charge in [0, 0.05) is 17.9 Å². The molecule has 102 valence electrons. The molecular weight excluding hydrogens is 250 g/mol. The maximum atomic E-state index is 11.5. The van der Waals surface area contributed by atoms with Crippen molar-refractivity contribution in [3.63, 3.8) is 0 Å². The van der Waals surface area contributed by atoms with E-state index in [0.717, 1.165) is 0 Å². The maximum Gasteiger partial charge on any atom is 0.238 e. The molecule has 0 spiro atoms. The van der Waals surface area contributed by atoms with E-state index in [1.807, 2.05) is 0 Å². The second kappa shape index (κ2) is 4.78. The largest absolute Gasteiger partial charge is 0.399 e. The number of rotatable bonds is 3. The van der Waals surface area contributed by atoms with Gasteiger partial charge in [0.25, 0.3) is 0 Å². The van der Waals surface area contributed by atoms with Crippen LogP contribution in [0.3, 0.4) is 0 Å². The smallest absolute Gasteiger partial charge is 0.238 e. The lowest BCUT2D eigenvalue weighted by molar-refractivity contribution is 0.443. The Morgan fingerprint density at radius 2 is 1.83 bits per heavy atom. The number of benzene rings is 1. The van der Waals surface area contributed by atoms with Crippen LogP contribution < -0.4 is 16.2 Å². The molecule has 0 atom stereocenters. The van der Waals surface area contributed by atoms with Gasteiger partial charge in [-0.1, -0.05) is 20.8 Å². The van der Waals surface area contributed by atoms with E-state index in [1.165, 1.54) is 6.07 Å². The van der Waals surface area contributed by atoms with Gasteiger partial charge in [-0.3, -0.25) is 0 Å². The topological polar surface area (TPSA) is 98.2 Å². The molecule has 0 fully saturated rings. The van der Waals surface area contributed by atoms with Crippen molar-refractivity contribution in [3.05, 3.63) is 17.7 Å². The summed E-state index contributed by atoms with van der Waals surface area (Å²) in [6.45, 7) is 8.68. The molecule has 0 unspecified atom stereocenters. The number of hydrogen-bond acceptors (Lipinski definition) is 4. The van der Waals surface area contributed by atoms with Gasteiger partial charge in [0.05, 0.1) is 4.90 Å². The van der Waals surface area contributed by atoms with Crippen LogP contribution >= 0.6 is 0 Å². The lowest BCUT2D eigenvalue weighted by Crippen LogP contribution is -2.21. The van der Waals surface area contributed by atoms with Gasteiger partial charge in [-0.25, -0.2) is 13.6 Å². The molecule has 0 bridgehead atoms. The van der Waals surface area contributed by atoms with Gasteiger partial charge in [-0.15, -0.1) is 0 Å². The van der Waals surface area contributed by atoms with Crippen molar-refractivity contribution in [3.8, 4) is 0 Å². The fraction of sp³-hybridized carbons (Fsp3) is 0.500. The molecule has 0 aliphatic heterocycles. The first kappa shape index (κ1) is 14.8. The highest BCUT2D eigenvalue weighted by atomic mass is 32.2. The highest BCUT2D eigenvalue weighted by Gasteiger charge is 2.17. The van der Waals surface area contributed by atoms with E-state index < -0.39 is 10.0 Å². The molecule has 5 N–H and O–H groups in total. The van der Waals surface area contributed by atoms with Gasteiger partial charge in [-0.2, -0.15) is 0 Å². The minimum absolute atomic E-state index is 0.0684. The Hall–Kier alpha value is -1.27. The zero-order chi connectivity index (χ0) is 14.1. The second-order valence-corrected chi connectivity index (χ2v) is 7.18. The molecular formula is C12H21N3O2S. The molecule has 0 aliphatic rings. The normalized spacial score (nSPS) is 12.5. The lowest BCUT2D eigenvalue weighted by Gasteiger charge is -2.21. The summed E-state index contributed by atoms with van der Waals surface area (Å²) in [6.07, 6.45) is 0. The number of nitrogens with one attached hydrogen (secondary N) is 1. The fourth-order valence-corrected chi connectivity index (χ4v) is 2.39.